The van der Waals surface area contributed by atoms with E-state index in [0.717, 1.165) is 30.0 Å². The molecule has 0 radical (unpaired) electrons. The van der Waals surface area contributed by atoms with Crippen molar-refractivity contribution in [2.24, 2.45) is 0 Å². The van der Waals surface area contributed by atoms with Gasteiger partial charge in [0, 0.05) is 29.4 Å². The van der Waals surface area contributed by atoms with Gasteiger partial charge < -0.3 is 10.6 Å². The van der Waals surface area contributed by atoms with E-state index in [9.17, 15) is 9.59 Å². The quantitative estimate of drug-likeness (QED) is 0.416. The number of carbonyl (C=O) groups is 2. The largest absolute Gasteiger partial charge is 0.367 e. The number of hydrogen-bond donors (Lipinski definition) is 3. The summed E-state index contributed by atoms with van der Waals surface area (Å²) in [5.41, 5.74) is 3.34. The van der Waals surface area contributed by atoms with E-state index in [1.807, 2.05) is 13.0 Å². The Labute approximate surface area is 171 Å². The molecule has 5 rings (SSSR count). The molecule has 1 saturated heterocycles. The van der Waals surface area contributed by atoms with Crippen LogP contribution in [0.4, 0.5) is 11.6 Å². The number of nitrogens with zero attached hydrogens (tertiary/aromatic N) is 5. The Balaban J connectivity index is 1.49. The lowest BCUT2D eigenvalue weighted by Crippen LogP contribution is -2.19. The molecule has 2 fully saturated rings. The molecule has 0 unspecified atom stereocenters. The third kappa shape index (κ3) is 3.71. The molecule has 152 valence electrons. The number of imide groups is 1. The minimum atomic E-state index is -0.372. The molecule has 1 saturated carbocycles. The third-order valence-corrected chi connectivity index (χ3v) is 4.94. The molecule has 10 heteroatoms. The maximum atomic E-state index is 11.9. The van der Waals surface area contributed by atoms with Crippen LogP contribution in [-0.2, 0) is 16.1 Å². The number of carbonyl (C=O) groups excluding carboxylic acids is 2. The first kappa shape index (κ1) is 18.2. The lowest BCUT2D eigenvalue weighted by Gasteiger charge is -2.11. The van der Waals surface area contributed by atoms with Crippen LogP contribution in [0, 0.1) is 6.92 Å². The Bertz CT molecular complexity index is 1180. The highest BCUT2D eigenvalue weighted by Crippen LogP contribution is 2.28. The summed E-state index contributed by atoms with van der Waals surface area (Å²) in [7, 11) is 0. The minimum absolute atomic E-state index is 0.0629. The molecule has 4 heterocycles. The first-order valence-corrected chi connectivity index (χ1v) is 9.76. The van der Waals surface area contributed by atoms with E-state index in [4.69, 9.17) is 0 Å². The lowest BCUT2D eigenvalue weighted by atomic mass is 10.1. The zero-order chi connectivity index (χ0) is 20.7. The van der Waals surface area contributed by atoms with Gasteiger partial charge in [0.05, 0.1) is 36.7 Å². The number of nitrogens with one attached hydrogen (secondary N) is 3. The summed E-state index contributed by atoms with van der Waals surface area (Å²) in [6.45, 7) is 2.37. The van der Waals surface area contributed by atoms with Crippen molar-refractivity contribution in [2.75, 3.05) is 10.6 Å². The van der Waals surface area contributed by atoms with Crippen molar-refractivity contribution in [1.82, 2.24) is 29.9 Å². The second-order valence-electron chi connectivity index (χ2n) is 7.51. The van der Waals surface area contributed by atoms with Gasteiger partial charge in [0.15, 0.2) is 5.65 Å². The molecule has 2 aliphatic rings. The molecule has 0 bridgehead atoms. The molecule has 2 amide bonds. The average molecular weight is 404 g/mol. The summed E-state index contributed by atoms with van der Waals surface area (Å²) in [5.74, 6) is 0.799. The first-order valence-electron chi connectivity index (χ1n) is 9.76. The van der Waals surface area contributed by atoms with E-state index in [1.54, 1.807) is 29.2 Å². The van der Waals surface area contributed by atoms with Crippen molar-refractivity contribution < 1.29 is 9.59 Å². The molecule has 30 heavy (non-hydrogen) atoms. The molecular weight excluding hydrogens is 384 g/mol. The number of aromatic nitrogens is 5. The van der Waals surface area contributed by atoms with Crippen LogP contribution in [0.25, 0.3) is 11.7 Å². The van der Waals surface area contributed by atoms with E-state index in [2.05, 4.69) is 36.0 Å². The fourth-order valence-electron chi connectivity index (χ4n) is 3.21. The number of amides is 2. The van der Waals surface area contributed by atoms with Crippen LogP contribution in [0.15, 0.2) is 30.2 Å². The van der Waals surface area contributed by atoms with Gasteiger partial charge in [-0.05, 0) is 25.8 Å². The molecule has 1 aliphatic carbocycles. The Morgan fingerprint density at radius 2 is 2.10 bits per heavy atom. The van der Waals surface area contributed by atoms with Crippen molar-refractivity contribution in [2.45, 2.75) is 38.8 Å². The van der Waals surface area contributed by atoms with E-state index >= 15 is 0 Å². The van der Waals surface area contributed by atoms with Gasteiger partial charge in [-0.25, -0.2) is 4.98 Å². The van der Waals surface area contributed by atoms with Crippen LogP contribution in [0.3, 0.4) is 0 Å². The second-order valence-corrected chi connectivity index (χ2v) is 7.51. The fourth-order valence-corrected chi connectivity index (χ4v) is 3.21. The van der Waals surface area contributed by atoms with Gasteiger partial charge in [0.2, 0.25) is 5.91 Å². The topological polar surface area (TPSA) is 126 Å². The number of rotatable bonds is 6. The lowest BCUT2D eigenvalue weighted by molar-refractivity contribution is -0.124. The summed E-state index contributed by atoms with van der Waals surface area (Å²) < 4.78 is 1.72. The Hall–Kier alpha value is -3.82. The highest BCUT2D eigenvalue weighted by molar-refractivity contribution is 6.15. The number of aryl methyl sites for hydroxylation is 1. The fraction of sp³-hybridized carbons (Fsp3) is 0.300. The molecule has 0 atom stereocenters. The van der Waals surface area contributed by atoms with Crippen LogP contribution >= 0.6 is 0 Å². The highest BCUT2D eigenvalue weighted by Gasteiger charge is 2.25. The summed E-state index contributed by atoms with van der Waals surface area (Å²) >= 11 is 0. The zero-order valence-electron chi connectivity index (χ0n) is 16.3. The highest BCUT2D eigenvalue weighted by atomic mass is 16.2. The molecule has 0 aromatic carbocycles. The van der Waals surface area contributed by atoms with E-state index < -0.39 is 0 Å². The standard InChI is InChI=1S/C20H20N8O2/c1-11-7-22-15(9-21-11)10-23-16-6-17(25-14-2-3-14)28-19(26-16)13(8-24-28)4-12-5-18(29)27-20(12)30/h4,6-9,14,25H,2-3,5,10H2,1H3,(H,23,26)(H,27,29,30)/b12-4+. The summed E-state index contributed by atoms with van der Waals surface area (Å²) in [5, 5.41) is 13.5. The first-order chi connectivity index (χ1) is 14.5. The van der Waals surface area contributed by atoms with Crippen LogP contribution in [0.1, 0.15) is 36.2 Å². The molecule has 10 nitrogen and oxygen atoms in total. The maximum absolute atomic E-state index is 11.9. The van der Waals surface area contributed by atoms with Gasteiger partial charge in [-0.15, -0.1) is 0 Å². The minimum Gasteiger partial charge on any atom is -0.367 e. The Kier molecular flexibility index (Phi) is 4.38. The molecule has 3 aromatic heterocycles. The molecule has 1 aliphatic heterocycles. The van der Waals surface area contributed by atoms with Crippen molar-refractivity contribution in [1.29, 1.82) is 0 Å². The zero-order valence-corrected chi connectivity index (χ0v) is 16.3. The van der Waals surface area contributed by atoms with Crippen LogP contribution in [0.5, 0.6) is 0 Å². The Morgan fingerprint density at radius 3 is 2.80 bits per heavy atom. The predicted molar refractivity (Wildman–Crippen MR) is 109 cm³/mol. The van der Waals surface area contributed by atoms with E-state index in [0.29, 0.717) is 35.2 Å². The third-order valence-electron chi connectivity index (χ3n) is 4.94. The molecule has 3 N–H and O–H groups in total. The average Bonchev–Trinajstić information content (AvgIpc) is 3.36. The second kappa shape index (κ2) is 7.21. The van der Waals surface area contributed by atoms with Gasteiger partial charge in [-0.2, -0.15) is 9.61 Å². The monoisotopic (exact) mass is 404 g/mol. The SMILES string of the molecule is Cc1cnc(CNc2cc(NC3CC3)n3ncc(/C=C4\CC(=O)NC4=O)c3n2)cn1. The summed E-state index contributed by atoms with van der Waals surface area (Å²) in [6.07, 6.45) is 9.08. The number of anilines is 2. The number of hydrogen-bond acceptors (Lipinski definition) is 8. The smallest absolute Gasteiger partial charge is 0.254 e. The van der Waals surface area contributed by atoms with Gasteiger partial charge in [-0.3, -0.25) is 24.9 Å². The van der Waals surface area contributed by atoms with E-state index in [1.165, 1.54) is 0 Å². The van der Waals surface area contributed by atoms with Crippen LogP contribution < -0.4 is 16.0 Å². The maximum Gasteiger partial charge on any atom is 0.254 e. The molecule has 3 aromatic rings. The van der Waals surface area contributed by atoms with Crippen LogP contribution in [0.2, 0.25) is 0 Å². The van der Waals surface area contributed by atoms with Crippen LogP contribution in [-0.4, -0.2) is 42.4 Å². The van der Waals surface area contributed by atoms with Gasteiger partial charge in [0.1, 0.15) is 11.6 Å². The Morgan fingerprint density at radius 1 is 1.23 bits per heavy atom. The summed E-state index contributed by atoms with van der Waals surface area (Å²) in [6, 6.07) is 2.33. The van der Waals surface area contributed by atoms with E-state index in [-0.39, 0.29) is 18.2 Å². The molecular formula is C20H20N8O2. The van der Waals surface area contributed by atoms with Crippen molar-refractivity contribution in [3.63, 3.8) is 0 Å². The van der Waals surface area contributed by atoms with Crippen molar-refractivity contribution >= 4 is 35.2 Å². The normalized spacial score (nSPS) is 17.6. The van der Waals surface area contributed by atoms with Gasteiger partial charge in [-0.1, -0.05) is 0 Å². The van der Waals surface area contributed by atoms with Gasteiger partial charge in [0.25, 0.3) is 5.91 Å². The molecule has 0 spiro atoms. The summed E-state index contributed by atoms with van der Waals surface area (Å²) in [4.78, 5) is 36.7. The van der Waals surface area contributed by atoms with Crippen molar-refractivity contribution in [3.8, 4) is 0 Å². The van der Waals surface area contributed by atoms with Crippen molar-refractivity contribution in [3.05, 3.63) is 47.2 Å². The predicted octanol–water partition coefficient (Wildman–Crippen LogP) is 1.44. The number of fused-ring (bicyclic) bond motifs is 1. The van der Waals surface area contributed by atoms with Gasteiger partial charge >= 0.3 is 0 Å².